The lowest BCUT2D eigenvalue weighted by atomic mass is 10.0. The number of hydrogen-bond donors (Lipinski definition) is 3. The van der Waals surface area contributed by atoms with Gasteiger partial charge in [0, 0.05) is 11.5 Å². The minimum atomic E-state index is -1.11. The first-order valence-corrected chi connectivity index (χ1v) is 11.0. The van der Waals surface area contributed by atoms with Crippen molar-refractivity contribution in [1.82, 2.24) is 20.4 Å². The van der Waals surface area contributed by atoms with Crippen LogP contribution in [0.3, 0.4) is 0 Å². The van der Waals surface area contributed by atoms with E-state index in [0.717, 1.165) is 0 Å². The van der Waals surface area contributed by atoms with Gasteiger partial charge in [-0.2, -0.15) is 0 Å². The van der Waals surface area contributed by atoms with E-state index in [4.69, 9.17) is 17.3 Å². The Morgan fingerprint density at radius 3 is 2.88 bits per heavy atom. The molecule has 1 fully saturated rings. The summed E-state index contributed by atoms with van der Waals surface area (Å²) in [6.45, 7) is 1.73. The molecule has 1 saturated heterocycles. The normalized spacial score (nSPS) is 22.1. The van der Waals surface area contributed by atoms with E-state index in [2.05, 4.69) is 15.5 Å². The van der Waals surface area contributed by atoms with Crippen LogP contribution in [-0.2, 0) is 16.2 Å². The number of aliphatic hydroxyl groups is 1. The summed E-state index contributed by atoms with van der Waals surface area (Å²) in [6.07, 6.45) is 0.637. The van der Waals surface area contributed by atoms with Crippen LogP contribution < -0.4 is 5.32 Å². The molecule has 0 aliphatic carbocycles. The van der Waals surface area contributed by atoms with E-state index < -0.39 is 12.0 Å². The van der Waals surface area contributed by atoms with Crippen molar-refractivity contribution in [2.75, 3.05) is 11.5 Å². The molecule has 3 heterocycles. The van der Waals surface area contributed by atoms with Crippen LogP contribution in [0.5, 0.6) is 0 Å². The Kier molecular flexibility index (Phi) is 6.17. The molecule has 2 atom stereocenters. The second-order valence-corrected chi connectivity index (χ2v) is 9.36. The molecular weight excluding hydrogens is 416 g/mol. The summed E-state index contributed by atoms with van der Waals surface area (Å²) >= 11 is 9.28. The largest absolute Gasteiger partial charge is 0.477 e. The number of carboxylic acids is 1. The molecule has 1 amide bonds. The predicted molar refractivity (Wildman–Crippen MR) is 104 cm³/mol. The highest BCUT2D eigenvalue weighted by atomic mass is 32.2. The molecule has 2 aliphatic rings. The molecule has 3 rings (SSSR count). The fourth-order valence-corrected chi connectivity index (χ4v) is 5.95. The van der Waals surface area contributed by atoms with Crippen LogP contribution in [0.2, 0.25) is 0 Å². The molecular formula is C14H16N4O4S4. The maximum Gasteiger partial charge on any atom is 0.352 e. The molecule has 1 unspecified atom stereocenters. The topological polar surface area (TPSA) is 116 Å². The third kappa shape index (κ3) is 3.74. The van der Waals surface area contributed by atoms with E-state index >= 15 is 0 Å². The van der Waals surface area contributed by atoms with Gasteiger partial charge in [-0.3, -0.25) is 9.69 Å². The van der Waals surface area contributed by atoms with Gasteiger partial charge in [-0.1, -0.05) is 42.2 Å². The third-order valence-corrected chi connectivity index (χ3v) is 7.71. The van der Waals surface area contributed by atoms with Gasteiger partial charge >= 0.3 is 5.97 Å². The van der Waals surface area contributed by atoms with Crippen molar-refractivity contribution in [3.8, 4) is 0 Å². The fourth-order valence-electron chi connectivity index (χ4n) is 2.58. The number of carbonyl (C=O) groups is 2. The number of rotatable bonds is 7. The minimum Gasteiger partial charge on any atom is -0.477 e. The number of nitrogens with one attached hydrogen (secondary N) is 1. The van der Waals surface area contributed by atoms with Crippen LogP contribution in [-0.4, -0.2) is 65.1 Å². The first-order chi connectivity index (χ1) is 12.5. The van der Waals surface area contributed by atoms with Gasteiger partial charge in [0.1, 0.15) is 22.1 Å². The van der Waals surface area contributed by atoms with Crippen LogP contribution in [0, 0.1) is 0 Å². The number of aromatic nitrogens is 2. The molecule has 0 spiro atoms. The zero-order valence-electron chi connectivity index (χ0n) is 13.7. The zero-order valence-corrected chi connectivity index (χ0v) is 16.9. The van der Waals surface area contributed by atoms with Crippen LogP contribution in [0.15, 0.2) is 15.6 Å². The smallest absolute Gasteiger partial charge is 0.352 e. The highest BCUT2D eigenvalue weighted by Crippen LogP contribution is 2.41. The number of nitrogens with zero attached hydrogens (tertiary/aromatic N) is 3. The molecule has 0 saturated carbocycles. The number of thioether (sulfide) groups is 2. The summed E-state index contributed by atoms with van der Waals surface area (Å²) in [5, 5.41) is 29.7. The molecule has 8 nitrogen and oxygen atoms in total. The van der Waals surface area contributed by atoms with Gasteiger partial charge in [-0.15, -0.1) is 22.0 Å². The van der Waals surface area contributed by atoms with Crippen molar-refractivity contribution in [2.24, 2.45) is 0 Å². The molecule has 1 aromatic rings. The molecule has 12 heteroatoms. The van der Waals surface area contributed by atoms with Crippen molar-refractivity contribution in [3.63, 3.8) is 0 Å². The number of thiocarbonyl (C=S) groups is 1. The second-order valence-electron chi connectivity index (χ2n) is 5.47. The molecule has 3 N–H and O–H groups in total. The van der Waals surface area contributed by atoms with E-state index in [1.54, 1.807) is 0 Å². The standard InChI is InChI=1S/C14H16N4O4S4/c1-2-7(23)15-9-11(20)18-10(13(21)22)6(4-24-12(9)18)5-25-14-17-16-8(3-19)26-14/h9,12,19H,2-5H2,1H3,(H,15,23)(H,21,22)/t9?,12-/m1/s1. The molecule has 0 aromatic carbocycles. The first kappa shape index (κ1) is 19.5. The summed E-state index contributed by atoms with van der Waals surface area (Å²) in [5.41, 5.74) is 0.730. The van der Waals surface area contributed by atoms with E-state index in [-0.39, 0.29) is 23.6 Å². The zero-order chi connectivity index (χ0) is 18.8. The molecule has 2 aliphatic heterocycles. The number of aliphatic carboxylic acids is 1. The van der Waals surface area contributed by atoms with Gasteiger partial charge in [-0.25, -0.2) is 4.79 Å². The van der Waals surface area contributed by atoms with Gasteiger partial charge in [0.2, 0.25) is 0 Å². The molecule has 1 aromatic heterocycles. The Labute approximate surface area is 167 Å². The minimum absolute atomic E-state index is 0.0543. The number of hydrogen-bond acceptors (Lipinski definition) is 9. The number of aliphatic hydroxyl groups excluding tert-OH is 1. The second kappa shape index (κ2) is 8.21. The maximum atomic E-state index is 12.5. The van der Waals surface area contributed by atoms with Gasteiger partial charge in [0.25, 0.3) is 5.91 Å². The Hall–Kier alpha value is -1.21. The number of carboxylic acid groups (broad SMARTS) is 1. The van der Waals surface area contributed by atoms with Crippen molar-refractivity contribution in [1.29, 1.82) is 0 Å². The number of amides is 1. The summed E-state index contributed by atoms with van der Waals surface area (Å²) < 4.78 is 0.654. The van der Waals surface area contributed by atoms with Crippen molar-refractivity contribution >= 4 is 63.9 Å². The van der Waals surface area contributed by atoms with Crippen LogP contribution in [0.4, 0.5) is 0 Å². The summed E-state index contributed by atoms with van der Waals surface area (Å²) in [7, 11) is 0. The Balaban J connectivity index is 1.74. The van der Waals surface area contributed by atoms with Gasteiger partial charge in [0.15, 0.2) is 4.34 Å². The van der Waals surface area contributed by atoms with Crippen molar-refractivity contribution in [2.45, 2.75) is 35.7 Å². The SMILES string of the molecule is CCC(=S)NC1C(=O)N2C(C(=O)O)=C(CSc3nnc(CO)s3)CS[C@H]12. The number of β-lactam (4-membered cyclic amide) rings is 1. The summed E-state index contributed by atoms with van der Waals surface area (Å²) in [6, 6.07) is -0.466. The summed E-state index contributed by atoms with van der Waals surface area (Å²) in [4.78, 5) is 26.2. The Morgan fingerprint density at radius 2 is 2.27 bits per heavy atom. The average Bonchev–Trinajstić information content (AvgIpc) is 3.11. The molecule has 0 bridgehead atoms. The lowest BCUT2D eigenvalue weighted by Gasteiger charge is -2.49. The highest BCUT2D eigenvalue weighted by Gasteiger charge is 2.53. The van der Waals surface area contributed by atoms with Crippen molar-refractivity contribution < 1.29 is 19.8 Å². The van der Waals surface area contributed by atoms with E-state index in [1.165, 1.54) is 39.8 Å². The highest BCUT2D eigenvalue weighted by molar-refractivity contribution is 8.01. The van der Waals surface area contributed by atoms with Gasteiger partial charge in [0.05, 0.1) is 11.6 Å². The van der Waals surface area contributed by atoms with Gasteiger partial charge < -0.3 is 15.5 Å². The van der Waals surface area contributed by atoms with Crippen LogP contribution in [0.25, 0.3) is 0 Å². The lowest BCUT2D eigenvalue weighted by molar-refractivity contribution is -0.148. The predicted octanol–water partition coefficient (Wildman–Crippen LogP) is 1.07. The fraction of sp³-hybridized carbons (Fsp3) is 0.500. The van der Waals surface area contributed by atoms with Crippen LogP contribution >= 0.6 is 47.1 Å². The maximum absolute atomic E-state index is 12.5. The lowest BCUT2D eigenvalue weighted by Crippen LogP contribution is -2.70. The summed E-state index contributed by atoms with van der Waals surface area (Å²) in [5.74, 6) is -0.455. The molecule has 140 valence electrons. The molecule has 0 radical (unpaired) electrons. The monoisotopic (exact) mass is 432 g/mol. The van der Waals surface area contributed by atoms with Crippen LogP contribution in [0.1, 0.15) is 18.4 Å². The van der Waals surface area contributed by atoms with Gasteiger partial charge in [-0.05, 0) is 12.0 Å². The third-order valence-electron chi connectivity index (χ3n) is 3.84. The number of carbonyl (C=O) groups excluding carboxylic acids is 1. The quantitative estimate of drug-likeness (QED) is 0.328. The Morgan fingerprint density at radius 1 is 1.50 bits per heavy atom. The first-order valence-electron chi connectivity index (χ1n) is 7.71. The van der Waals surface area contributed by atoms with E-state index in [9.17, 15) is 14.7 Å². The number of fused-ring (bicyclic) bond motifs is 1. The van der Waals surface area contributed by atoms with E-state index in [0.29, 0.717) is 37.8 Å². The van der Waals surface area contributed by atoms with E-state index in [1.807, 2.05) is 6.92 Å². The average molecular weight is 433 g/mol. The van der Waals surface area contributed by atoms with Crippen molar-refractivity contribution in [3.05, 3.63) is 16.3 Å². The Bertz CT molecular complexity index is 781. The molecule has 26 heavy (non-hydrogen) atoms.